The van der Waals surface area contributed by atoms with Gasteiger partial charge in [0, 0.05) is 19.2 Å². The number of hydrogen-bond acceptors (Lipinski definition) is 4. The molecule has 0 radical (unpaired) electrons. The third kappa shape index (κ3) is 3.91. The summed E-state index contributed by atoms with van der Waals surface area (Å²) in [5, 5.41) is 15.4. The third-order valence-electron chi connectivity index (χ3n) is 4.31. The third-order valence-corrected chi connectivity index (χ3v) is 4.31. The summed E-state index contributed by atoms with van der Waals surface area (Å²) in [6.07, 6.45) is 4.40. The number of nitrogens with zero attached hydrogens (tertiary/aromatic N) is 1. The van der Waals surface area contributed by atoms with Crippen LogP contribution in [0, 0.1) is 5.92 Å². The van der Waals surface area contributed by atoms with E-state index in [0.717, 1.165) is 45.3 Å². The molecule has 5 heteroatoms. The molecular weight excluding hydrogens is 242 g/mol. The van der Waals surface area contributed by atoms with E-state index in [9.17, 15) is 4.79 Å². The van der Waals surface area contributed by atoms with E-state index in [0.29, 0.717) is 12.6 Å². The second-order valence-corrected chi connectivity index (χ2v) is 5.91. The van der Waals surface area contributed by atoms with Gasteiger partial charge in [-0.05, 0) is 51.2 Å². The van der Waals surface area contributed by atoms with Crippen LogP contribution in [-0.2, 0) is 4.79 Å². The number of piperidine rings is 1. The summed E-state index contributed by atoms with van der Waals surface area (Å²) in [6, 6.07) is 0.615. The average Bonchev–Trinajstić information content (AvgIpc) is 2.94. The molecule has 110 valence electrons. The molecule has 0 saturated carbocycles. The second-order valence-electron chi connectivity index (χ2n) is 5.91. The van der Waals surface area contributed by atoms with Gasteiger partial charge in [-0.1, -0.05) is 6.92 Å². The molecule has 0 bridgehead atoms. The van der Waals surface area contributed by atoms with Gasteiger partial charge in [0.05, 0.1) is 6.04 Å². The monoisotopic (exact) mass is 269 g/mol. The highest BCUT2D eigenvalue weighted by molar-refractivity contribution is 5.82. The van der Waals surface area contributed by atoms with Gasteiger partial charge in [-0.3, -0.25) is 9.69 Å². The van der Waals surface area contributed by atoms with Crippen molar-refractivity contribution in [2.75, 3.05) is 32.8 Å². The van der Waals surface area contributed by atoms with Crippen LogP contribution in [0.25, 0.3) is 0 Å². The number of carbonyl (C=O) groups is 1. The van der Waals surface area contributed by atoms with E-state index >= 15 is 0 Å². The van der Waals surface area contributed by atoms with Gasteiger partial charge in [-0.15, -0.1) is 0 Å². The summed E-state index contributed by atoms with van der Waals surface area (Å²) in [4.78, 5) is 14.7. The minimum Gasteiger partial charge on any atom is -0.396 e. The molecule has 2 atom stereocenters. The van der Waals surface area contributed by atoms with Crippen molar-refractivity contribution in [2.24, 2.45) is 5.92 Å². The van der Waals surface area contributed by atoms with E-state index in [1.165, 1.54) is 0 Å². The van der Waals surface area contributed by atoms with Gasteiger partial charge >= 0.3 is 0 Å². The number of aliphatic hydroxyl groups is 1. The molecule has 2 saturated heterocycles. The lowest BCUT2D eigenvalue weighted by molar-refractivity contribution is -0.126. The maximum absolute atomic E-state index is 12.3. The van der Waals surface area contributed by atoms with Gasteiger partial charge in [-0.2, -0.15) is 0 Å². The van der Waals surface area contributed by atoms with Crippen LogP contribution < -0.4 is 10.6 Å². The Morgan fingerprint density at radius 3 is 2.84 bits per heavy atom. The largest absolute Gasteiger partial charge is 0.396 e. The van der Waals surface area contributed by atoms with E-state index < -0.39 is 0 Å². The molecule has 0 aromatic heterocycles. The second kappa shape index (κ2) is 7.22. The first-order valence-corrected chi connectivity index (χ1v) is 7.57. The zero-order valence-corrected chi connectivity index (χ0v) is 11.9. The van der Waals surface area contributed by atoms with E-state index in [2.05, 4.69) is 15.5 Å². The number of amides is 1. The minimum atomic E-state index is 0.0500. The highest BCUT2D eigenvalue weighted by atomic mass is 16.3. The van der Waals surface area contributed by atoms with Gasteiger partial charge in [0.15, 0.2) is 0 Å². The summed E-state index contributed by atoms with van der Waals surface area (Å²) >= 11 is 0. The Balaban J connectivity index is 1.85. The van der Waals surface area contributed by atoms with Crippen LogP contribution in [0.15, 0.2) is 0 Å². The Hall–Kier alpha value is -0.650. The lowest BCUT2D eigenvalue weighted by Gasteiger charge is -2.35. The molecular formula is C14H27N3O2. The number of hydrogen-bond donors (Lipinski definition) is 3. The van der Waals surface area contributed by atoms with Crippen LogP contribution in [0.4, 0.5) is 0 Å². The van der Waals surface area contributed by atoms with Crippen molar-refractivity contribution in [1.29, 1.82) is 0 Å². The van der Waals surface area contributed by atoms with Crippen molar-refractivity contribution in [2.45, 2.75) is 44.7 Å². The van der Waals surface area contributed by atoms with Crippen molar-refractivity contribution in [3.05, 3.63) is 0 Å². The van der Waals surface area contributed by atoms with E-state index in [1.54, 1.807) is 0 Å². The van der Waals surface area contributed by atoms with Crippen molar-refractivity contribution < 1.29 is 9.90 Å². The van der Waals surface area contributed by atoms with Crippen LogP contribution in [0.2, 0.25) is 0 Å². The van der Waals surface area contributed by atoms with Gasteiger partial charge in [-0.25, -0.2) is 0 Å². The Morgan fingerprint density at radius 2 is 2.16 bits per heavy atom. The summed E-state index contributed by atoms with van der Waals surface area (Å²) in [5.41, 5.74) is 0. The molecule has 3 N–H and O–H groups in total. The minimum absolute atomic E-state index is 0.0500. The highest BCUT2D eigenvalue weighted by Gasteiger charge is 2.35. The standard InChI is InChI=1S/C14H27N3O2/c1-11(10-18)9-16-14(19)13-3-2-8-17(13)12-4-6-15-7-5-12/h11-13,15,18H,2-10H2,1H3,(H,16,19). The molecule has 2 rings (SSSR count). The number of rotatable bonds is 5. The zero-order valence-electron chi connectivity index (χ0n) is 11.9. The first-order valence-electron chi connectivity index (χ1n) is 7.57. The lowest BCUT2D eigenvalue weighted by atomic mass is 10.0. The quantitative estimate of drug-likeness (QED) is 0.655. The average molecular weight is 269 g/mol. The number of carbonyl (C=O) groups excluding carboxylic acids is 1. The maximum atomic E-state index is 12.3. The summed E-state index contributed by atoms with van der Waals surface area (Å²) in [6.45, 7) is 5.83. The first kappa shape index (κ1) is 14.8. The van der Waals surface area contributed by atoms with E-state index in [1.807, 2.05) is 6.92 Å². The summed E-state index contributed by atoms with van der Waals surface area (Å²) in [7, 11) is 0. The molecule has 2 aliphatic heterocycles. The summed E-state index contributed by atoms with van der Waals surface area (Å²) in [5.74, 6) is 0.286. The molecule has 2 aliphatic rings. The van der Waals surface area contributed by atoms with Gasteiger partial charge in [0.1, 0.15) is 0 Å². The van der Waals surface area contributed by atoms with E-state index in [4.69, 9.17) is 5.11 Å². The lowest BCUT2D eigenvalue weighted by Crippen LogP contribution is -2.51. The van der Waals surface area contributed by atoms with Crippen LogP contribution in [0.5, 0.6) is 0 Å². The molecule has 0 spiro atoms. The molecule has 2 fully saturated rings. The van der Waals surface area contributed by atoms with Crippen molar-refractivity contribution in [3.63, 3.8) is 0 Å². The molecule has 19 heavy (non-hydrogen) atoms. The Bertz CT molecular complexity index is 292. The Morgan fingerprint density at radius 1 is 1.42 bits per heavy atom. The molecule has 5 nitrogen and oxygen atoms in total. The molecule has 2 unspecified atom stereocenters. The number of aliphatic hydroxyl groups excluding tert-OH is 1. The number of nitrogens with one attached hydrogen (secondary N) is 2. The van der Waals surface area contributed by atoms with Crippen LogP contribution in [0.1, 0.15) is 32.6 Å². The molecule has 1 amide bonds. The smallest absolute Gasteiger partial charge is 0.237 e. The predicted octanol–water partition coefficient (Wildman–Crippen LogP) is -0.0526. The normalized spacial score (nSPS) is 27.4. The molecule has 2 heterocycles. The SMILES string of the molecule is CC(CO)CNC(=O)C1CCCN1C1CCNCC1. The maximum Gasteiger partial charge on any atom is 0.237 e. The topological polar surface area (TPSA) is 64.6 Å². The summed E-state index contributed by atoms with van der Waals surface area (Å²) < 4.78 is 0. The first-order chi connectivity index (χ1) is 9.22. The zero-order chi connectivity index (χ0) is 13.7. The predicted molar refractivity (Wildman–Crippen MR) is 74.9 cm³/mol. The van der Waals surface area contributed by atoms with Crippen LogP contribution in [-0.4, -0.2) is 60.8 Å². The fourth-order valence-electron chi connectivity index (χ4n) is 3.10. The van der Waals surface area contributed by atoms with Gasteiger partial charge < -0.3 is 15.7 Å². The Labute approximate surface area is 115 Å². The van der Waals surface area contributed by atoms with Crippen molar-refractivity contribution in [3.8, 4) is 0 Å². The van der Waals surface area contributed by atoms with E-state index in [-0.39, 0.29) is 24.5 Å². The van der Waals surface area contributed by atoms with Crippen LogP contribution in [0.3, 0.4) is 0 Å². The van der Waals surface area contributed by atoms with Crippen molar-refractivity contribution in [1.82, 2.24) is 15.5 Å². The van der Waals surface area contributed by atoms with Crippen LogP contribution >= 0.6 is 0 Å². The molecule has 0 aromatic rings. The molecule has 0 aliphatic carbocycles. The highest BCUT2D eigenvalue weighted by Crippen LogP contribution is 2.24. The fourth-order valence-corrected chi connectivity index (χ4v) is 3.10. The van der Waals surface area contributed by atoms with Gasteiger partial charge in [0.2, 0.25) is 5.91 Å². The Kier molecular flexibility index (Phi) is 5.60. The molecule has 0 aromatic carbocycles. The van der Waals surface area contributed by atoms with Crippen molar-refractivity contribution >= 4 is 5.91 Å². The fraction of sp³-hybridized carbons (Fsp3) is 0.929. The van der Waals surface area contributed by atoms with Gasteiger partial charge in [0.25, 0.3) is 0 Å². The number of likely N-dealkylation sites (tertiary alicyclic amines) is 1.